The molecule has 10 heteroatoms. The second-order valence-electron chi connectivity index (χ2n) is 6.94. The van der Waals surface area contributed by atoms with Gasteiger partial charge in [-0.1, -0.05) is 0 Å². The number of phenolic OH excluding ortho intramolecular Hbond substituents is 1. The number of halogens is 4. The number of rotatable bonds is 5. The van der Waals surface area contributed by atoms with Gasteiger partial charge in [0.25, 0.3) is 10.1 Å². The van der Waals surface area contributed by atoms with Crippen LogP contribution in [0.15, 0.2) is 63.2 Å². The van der Waals surface area contributed by atoms with Gasteiger partial charge in [0.2, 0.25) is 0 Å². The van der Waals surface area contributed by atoms with Crippen molar-refractivity contribution in [2.45, 2.75) is 28.5 Å². The van der Waals surface area contributed by atoms with Crippen molar-refractivity contribution in [1.29, 1.82) is 0 Å². The highest BCUT2D eigenvalue weighted by Gasteiger charge is 2.38. The Morgan fingerprint density at radius 1 is 0.677 bits per heavy atom. The van der Waals surface area contributed by atoms with Gasteiger partial charge in [-0.2, -0.15) is 8.42 Å². The van der Waals surface area contributed by atoms with Gasteiger partial charge in [-0.05, 0) is 71.7 Å². The molecule has 0 aromatic heterocycles. The Labute approximate surface area is 178 Å². The SMILES string of the molecule is Cc1cc(S(OS(C)(=O)=O)(c2cc(F)cc(F)c2)c2cc(F)cc(F)c2)cc(C)c1O. The quantitative estimate of drug-likeness (QED) is 0.479. The number of phenols is 1. The van der Waals surface area contributed by atoms with Crippen molar-refractivity contribution >= 4 is 20.4 Å². The van der Waals surface area contributed by atoms with Crippen LogP contribution in [0.2, 0.25) is 0 Å². The third-order valence-corrected chi connectivity index (χ3v) is 8.86. The van der Waals surface area contributed by atoms with Crippen molar-refractivity contribution in [2.75, 3.05) is 6.26 Å². The molecule has 0 heterocycles. The fourth-order valence-electron chi connectivity index (χ4n) is 3.18. The largest absolute Gasteiger partial charge is 0.507 e. The molecule has 3 aromatic rings. The van der Waals surface area contributed by atoms with Crippen LogP contribution in [0.1, 0.15) is 11.1 Å². The zero-order valence-corrected chi connectivity index (χ0v) is 18.3. The van der Waals surface area contributed by atoms with E-state index in [0.717, 1.165) is 30.5 Å². The van der Waals surface area contributed by atoms with E-state index in [2.05, 4.69) is 0 Å². The van der Waals surface area contributed by atoms with E-state index >= 15 is 0 Å². The number of hydrogen-bond acceptors (Lipinski definition) is 4. The van der Waals surface area contributed by atoms with Crippen LogP contribution in [0, 0.1) is 37.1 Å². The topological polar surface area (TPSA) is 63.6 Å². The van der Waals surface area contributed by atoms with Crippen molar-refractivity contribution in [3.63, 3.8) is 0 Å². The molecule has 31 heavy (non-hydrogen) atoms. The summed E-state index contributed by atoms with van der Waals surface area (Å²) in [7, 11) is -7.93. The molecule has 4 nitrogen and oxygen atoms in total. The lowest BCUT2D eigenvalue weighted by molar-refractivity contribution is 0.466. The smallest absolute Gasteiger partial charge is 0.274 e. The molecule has 0 saturated carbocycles. The van der Waals surface area contributed by atoms with E-state index in [-0.39, 0.29) is 20.4 Å². The second-order valence-corrected chi connectivity index (χ2v) is 11.4. The van der Waals surface area contributed by atoms with E-state index in [4.69, 9.17) is 3.63 Å². The average Bonchev–Trinajstić information content (AvgIpc) is 2.61. The van der Waals surface area contributed by atoms with Crippen molar-refractivity contribution in [3.05, 3.63) is 82.9 Å². The van der Waals surface area contributed by atoms with E-state index in [0.29, 0.717) is 23.3 Å². The normalized spacial score (nSPS) is 12.7. The first-order valence-corrected chi connectivity index (χ1v) is 12.2. The van der Waals surface area contributed by atoms with Crippen LogP contribution in [-0.2, 0) is 13.7 Å². The van der Waals surface area contributed by atoms with Crippen LogP contribution in [0.25, 0.3) is 0 Å². The van der Waals surface area contributed by atoms with Crippen molar-refractivity contribution in [1.82, 2.24) is 0 Å². The molecule has 0 aliphatic rings. The molecule has 3 rings (SSSR count). The Balaban J connectivity index is 2.56. The van der Waals surface area contributed by atoms with E-state index in [1.54, 1.807) is 0 Å². The zero-order chi connectivity index (χ0) is 23.1. The fourth-order valence-corrected chi connectivity index (χ4v) is 8.22. The zero-order valence-electron chi connectivity index (χ0n) is 16.6. The van der Waals surface area contributed by atoms with E-state index in [1.807, 2.05) is 0 Å². The first kappa shape index (κ1) is 23.1. The van der Waals surface area contributed by atoms with E-state index in [9.17, 15) is 31.1 Å². The minimum absolute atomic E-state index is 0.0701. The lowest BCUT2D eigenvalue weighted by Crippen LogP contribution is -2.14. The fraction of sp³-hybridized carbons (Fsp3) is 0.143. The van der Waals surface area contributed by atoms with Crippen LogP contribution in [0.3, 0.4) is 0 Å². The van der Waals surface area contributed by atoms with Gasteiger partial charge in [-0.3, -0.25) is 0 Å². The molecule has 3 aromatic carbocycles. The average molecular weight is 474 g/mol. The lowest BCUT2D eigenvalue weighted by atomic mass is 10.1. The second kappa shape index (κ2) is 8.18. The highest BCUT2D eigenvalue weighted by molar-refractivity contribution is 8.33. The Morgan fingerprint density at radius 2 is 1.00 bits per heavy atom. The first-order valence-electron chi connectivity index (χ1n) is 8.79. The van der Waals surface area contributed by atoms with Crippen molar-refractivity contribution < 1.29 is 34.7 Å². The summed E-state index contributed by atoms with van der Waals surface area (Å²) in [5.41, 5.74) is 0.607. The summed E-state index contributed by atoms with van der Waals surface area (Å²) in [5.74, 6) is -4.23. The standard InChI is InChI=1S/C21H18F4O4S2/c1-12-4-18(5-13(2)21(12)26)31(29-30(3,27)28,19-8-14(22)6-15(23)9-19)20-10-16(24)7-17(25)11-20/h4-11,26H,1-3H3. The number of aromatic hydroxyl groups is 1. The Bertz CT molecular complexity index is 1160. The summed E-state index contributed by atoms with van der Waals surface area (Å²) in [5, 5.41) is 10.2. The molecule has 0 aliphatic carbocycles. The third-order valence-electron chi connectivity index (χ3n) is 4.36. The van der Waals surface area contributed by atoms with Gasteiger partial charge in [0.05, 0.1) is 6.26 Å². The molecular formula is C21H18F4O4S2. The maximum Gasteiger partial charge on any atom is 0.274 e. The molecule has 0 aliphatic heterocycles. The number of hydrogen-bond donors (Lipinski definition) is 1. The van der Waals surface area contributed by atoms with Crippen LogP contribution in [0.4, 0.5) is 17.6 Å². The van der Waals surface area contributed by atoms with Crippen molar-refractivity contribution in [2.24, 2.45) is 0 Å². The van der Waals surface area contributed by atoms with E-state index < -0.39 is 43.7 Å². The summed E-state index contributed by atoms with van der Waals surface area (Å²) in [6.45, 7) is 3.05. The molecule has 0 bridgehead atoms. The Kier molecular flexibility index (Phi) is 6.09. The molecule has 0 saturated heterocycles. The molecular weight excluding hydrogens is 456 g/mol. The highest BCUT2D eigenvalue weighted by Crippen LogP contribution is 2.70. The van der Waals surface area contributed by atoms with Crippen LogP contribution in [0.5, 0.6) is 5.75 Å². The molecule has 0 amide bonds. The summed E-state index contributed by atoms with van der Waals surface area (Å²) in [6.07, 6.45) is 0.722. The predicted octanol–water partition coefficient (Wildman–Crippen LogP) is 5.74. The predicted molar refractivity (Wildman–Crippen MR) is 109 cm³/mol. The third kappa shape index (κ3) is 4.70. The molecule has 0 atom stereocenters. The lowest BCUT2D eigenvalue weighted by Gasteiger charge is -2.39. The Morgan fingerprint density at radius 3 is 1.32 bits per heavy atom. The maximum atomic E-state index is 14.2. The maximum absolute atomic E-state index is 14.2. The monoisotopic (exact) mass is 474 g/mol. The van der Waals surface area contributed by atoms with Gasteiger partial charge in [0.15, 0.2) is 0 Å². The van der Waals surface area contributed by atoms with Crippen LogP contribution < -0.4 is 0 Å². The van der Waals surface area contributed by atoms with E-state index in [1.165, 1.54) is 26.0 Å². The number of aryl methyl sites for hydroxylation is 2. The molecule has 0 spiro atoms. The number of benzene rings is 3. The summed E-state index contributed by atoms with van der Waals surface area (Å²) >= 11 is 0. The van der Waals surface area contributed by atoms with Gasteiger partial charge in [0, 0.05) is 26.8 Å². The molecule has 0 radical (unpaired) electrons. The minimum atomic E-state index is -4.33. The van der Waals surface area contributed by atoms with Crippen molar-refractivity contribution in [3.8, 4) is 5.75 Å². The van der Waals surface area contributed by atoms with Crippen LogP contribution >= 0.6 is 10.3 Å². The van der Waals surface area contributed by atoms with Gasteiger partial charge in [-0.15, -0.1) is 0 Å². The molecule has 0 unspecified atom stereocenters. The van der Waals surface area contributed by atoms with Gasteiger partial charge < -0.3 is 5.11 Å². The first-order chi connectivity index (χ1) is 14.3. The van der Waals surface area contributed by atoms with Gasteiger partial charge in [-0.25, -0.2) is 21.2 Å². The minimum Gasteiger partial charge on any atom is -0.507 e. The molecule has 1 N–H and O–H groups in total. The summed E-state index contributed by atoms with van der Waals surface area (Å²) in [6, 6.07) is 7.27. The van der Waals surface area contributed by atoms with Gasteiger partial charge >= 0.3 is 0 Å². The highest BCUT2D eigenvalue weighted by atomic mass is 32.3. The van der Waals surface area contributed by atoms with Crippen LogP contribution in [-0.4, -0.2) is 19.8 Å². The molecule has 0 fully saturated rings. The summed E-state index contributed by atoms with van der Waals surface area (Å²) in [4.78, 5) is -0.476. The van der Waals surface area contributed by atoms with Gasteiger partial charge in [0.1, 0.15) is 29.0 Å². The Hall–Kier alpha value is -2.56. The summed E-state index contributed by atoms with van der Waals surface area (Å²) < 4.78 is 86.8. The molecule has 166 valence electrons.